The summed E-state index contributed by atoms with van der Waals surface area (Å²) in [6, 6.07) is 8.33. The lowest BCUT2D eigenvalue weighted by Crippen LogP contribution is -1.94. The minimum absolute atomic E-state index is 0.787. The van der Waals surface area contributed by atoms with Gasteiger partial charge in [-0.1, -0.05) is 50.2 Å². The van der Waals surface area contributed by atoms with Crippen molar-refractivity contribution < 1.29 is 9.47 Å². The minimum Gasteiger partial charge on any atom is -0.483 e. The zero-order chi connectivity index (χ0) is 13.5. The Balaban J connectivity index is 2.16. The molecule has 0 saturated heterocycles. The van der Waals surface area contributed by atoms with Crippen molar-refractivity contribution >= 4 is 22.1 Å². The molecule has 0 amide bonds. The van der Waals surface area contributed by atoms with E-state index in [-0.39, 0.29) is 0 Å². The third-order valence-electron chi connectivity index (χ3n) is 3.01. The molecule has 0 unspecified atom stereocenters. The van der Waals surface area contributed by atoms with Crippen LogP contribution in [0.5, 0.6) is 10.1 Å². The summed E-state index contributed by atoms with van der Waals surface area (Å²) in [4.78, 5) is 0. The van der Waals surface area contributed by atoms with Crippen molar-refractivity contribution in [3.8, 4) is 10.1 Å². The summed E-state index contributed by atoms with van der Waals surface area (Å²) in [5.74, 6) is 0. The van der Waals surface area contributed by atoms with Crippen molar-refractivity contribution in [2.24, 2.45) is 0 Å². The van der Waals surface area contributed by atoms with E-state index in [1.165, 1.54) is 10.8 Å². The predicted octanol–water partition coefficient (Wildman–Crippen LogP) is 5.26. The molecule has 1 heterocycles. The van der Waals surface area contributed by atoms with Gasteiger partial charge in [0, 0.05) is 10.8 Å². The van der Waals surface area contributed by atoms with E-state index in [0.29, 0.717) is 0 Å². The highest BCUT2D eigenvalue weighted by Gasteiger charge is 2.12. The lowest BCUT2D eigenvalue weighted by atomic mass is 10.2. The first-order chi connectivity index (χ1) is 9.36. The Kier molecular flexibility index (Phi) is 5.52. The minimum atomic E-state index is 0.787. The van der Waals surface area contributed by atoms with Gasteiger partial charge in [0.1, 0.15) is 0 Å². The highest BCUT2D eigenvalue weighted by atomic mass is 32.1. The van der Waals surface area contributed by atoms with Crippen LogP contribution in [0.2, 0.25) is 0 Å². The Labute approximate surface area is 119 Å². The summed E-state index contributed by atoms with van der Waals surface area (Å²) in [7, 11) is 0. The maximum absolute atomic E-state index is 5.89. The second-order valence-electron chi connectivity index (χ2n) is 4.63. The van der Waals surface area contributed by atoms with Crippen molar-refractivity contribution in [3.63, 3.8) is 0 Å². The van der Waals surface area contributed by atoms with Gasteiger partial charge in [-0.15, -0.1) is 0 Å². The Hall–Kier alpha value is -1.22. The van der Waals surface area contributed by atoms with E-state index in [4.69, 9.17) is 9.47 Å². The molecule has 0 radical (unpaired) electrons. The average molecular weight is 278 g/mol. The van der Waals surface area contributed by atoms with Gasteiger partial charge in [-0.3, -0.25) is 0 Å². The average Bonchev–Trinajstić information content (AvgIpc) is 2.79. The number of hydrogen-bond acceptors (Lipinski definition) is 3. The first-order valence-electron chi connectivity index (χ1n) is 7.14. The molecule has 0 saturated carbocycles. The number of fused-ring (bicyclic) bond motifs is 1. The van der Waals surface area contributed by atoms with Crippen molar-refractivity contribution in [2.75, 3.05) is 13.2 Å². The van der Waals surface area contributed by atoms with Crippen LogP contribution in [0.25, 0.3) is 10.8 Å². The fraction of sp³-hybridized carbons (Fsp3) is 0.500. The quantitative estimate of drug-likeness (QED) is 0.613. The standard InChI is InChI=1S/C16H22O2S/c1-3-5-11-17-15-13-9-7-8-10-14(13)16(19-15)18-12-6-4-2/h7-10H,3-6,11-12H2,1-2H3. The van der Waals surface area contributed by atoms with Crippen LogP contribution in [-0.2, 0) is 0 Å². The van der Waals surface area contributed by atoms with E-state index >= 15 is 0 Å². The largest absolute Gasteiger partial charge is 0.483 e. The SMILES string of the molecule is CCCCOc1sc(OCCCC)c2ccccc12. The zero-order valence-corrected chi connectivity index (χ0v) is 12.6. The summed E-state index contributed by atoms with van der Waals surface area (Å²) < 4.78 is 11.8. The van der Waals surface area contributed by atoms with Gasteiger partial charge in [0.2, 0.25) is 0 Å². The fourth-order valence-corrected chi connectivity index (χ4v) is 2.89. The van der Waals surface area contributed by atoms with E-state index in [0.717, 1.165) is 49.0 Å². The molecule has 19 heavy (non-hydrogen) atoms. The Morgan fingerprint density at radius 2 is 1.32 bits per heavy atom. The molecular formula is C16H22O2S. The van der Waals surface area contributed by atoms with Gasteiger partial charge in [-0.2, -0.15) is 0 Å². The molecule has 2 rings (SSSR count). The van der Waals surface area contributed by atoms with Crippen molar-refractivity contribution in [1.82, 2.24) is 0 Å². The van der Waals surface area contributed by atoms with Crippen LogP contribution >= 0.6 is 11.3 Å². The second-order valence-corrected chi connectivity index (χ2v) is 5.57. The van der Waals surface area contributed by atoms with Gasteiger partial charge in [0.05, 0.1) is 13.2 Å². The normalized spacial score (nSPS) is 10.8. The second kappa shape index (κ2) is 7.39. The number of unbranched alkanes of at least 4 members (excludes halogenated alkanes) is 2. The Morgan fingerprint density at radius 1 is 0.842 bits per heavy atom. The highest BCUT2D eigenvalue weighted by Crippen LogP contribution is 2.43. The molecule has 104 valence electrons. The predicted molar refractivity (Wildman–Crippen MR) is 82.6 cm³/mol. The Morgan fingerprint density at radius 3 is 1.74 bits per heavy atom. The van der Waals surface area contributed by atoms with E-state index in [2.05, 4.69) is 38.1 Å². The Bertz CT molecular complexity index is 460. The van der Waals surface area contributed by atoms with Crippen molar-refractivity contribution in [1.29, 1.82) is 0 Å². The van der Waals surface area contributed by atoms with E-state index in [9.17, 15) is 0 Å². The molecule has 2 nitrogen and oxygen atoms in total. The van der Waals surface area contributed by atoms with Gasteiger partial charge >= 0.3 is 0 Å². The van der Waals surface area contributed by atoms with E-state index in [1.807, 2.05) is 0 Å². The number of thiophene rings is 1. The van der Waals surface area contributed by atoms with Crippen LogP contribution in [0.1, 0.15) is 39.5 Å². The molecule has 0 atom stereocenters. The zero-order valence-electron chi connectivity index (χ0n) is 11.8. The van der Waals surface area contributed by atoms with Crippen molar-refractivity contribution in [2.45, 2.75) is 39.5 Å². The van der Waals surface area contributed by atoms with Crippen LogP contribution in [0.3, 0.4) is 0 Å². The first kappa shape index (κ1) is 14.2. The molecular weight excluding hydrogens is 256 g/mol. The molecule has 0 bridgehead atoms. The van der Waals surface area contributed by atoms with Crippen LogP contribution < -0.4 is 9.47 Å². The first-order valence-corrected chi connectivity index (χ1v) is 7.95. The number of hydrogen-bond donors (Lipinski definition) is 0. The van der Waals surface area contributed by atoms with E-state index < -0.39 is 0 Å². The summed E-state index contributed by atoms with van der Waals surface area (Å²) in [6.07, 6.45) is 4.50. The number of rotatable bonds is 8. The summed E-state index contributed by atoms with van der Waals surface area (Å²) >= 11 is 1.63. The summed E-state index contributed by atoms with van der Waals surface area (Å²) in [6.45, 7) is 5.93. The fourth-order valence-electron chi connectivity index (χ4n) is 1.87. The topological polar surface area (TPSA) is 18.5 Å². The molecule has 0 aliphatic heterocycles. The van der Waals surface area contributed by atoms with Gasteiger partial charge in [0.25, 0.3) is 0 Å². The molecule has 0 fully saturated rings. The molecule has 0 spiro atoms. The molecule has 2 aromatic rings. The van der Waals surface area contributed by atoms with Gasteiger partial charge in [0.15, 0.2) is 10.1 Å². The third-order valence-corrected chi connectivity index (χ3v) is 4.06. The van der Waals surface area contributed by atoms with E-state index in [1.54, 1.807) is 11.3 Å². The lowest BCUT2D eigenvalue weighted by Gasteiger charge is -2.02. The summed E-state index contributed by atoms with van der Waals surface area (Å²) in [5.41, 5.74) is 0. The lowest BCUT2D eigenvalue weighted by molar-refractivity contribution is 0.317. The monoisotopic (exact) mass is 278 g/mol. The number of benzene rings is 1. The molecule has 3 heteroatoms. The van der Waals surface area contributed by atoms with Crippen molar-refractivity contribution in [3.05, 3.63) is 24.3 Å². The van der Waals surface area contributed by atoms with Crippen LogP contribution in [0.15, 0.2) is 24.3 Å². The number of ether oxygens (including phenoxy) is 2. The van der Waals surface area contributed by atoms with Gasteiger partial charge in [-0.05, 0) is 25.0 Å². The smallest absolute Gasteiger partial charge is 0.185 e. The summed E-state index contributed by atoms with van der Waals surface area (Å²) in [5, 5.41) is 4.34. The van der Waals surface area contributed by atoms with Crippen LogP contribution in [-0.4, -0.2) is 13.2 Å². The maximum Gasteiger partial charge on any atom is 0.185 e. The molecule has 0 N–H and O–H groups in total. The molecule has 1 aromatic carbocycles. The van der Waals surface area contributed by atoms with Gasteiger partial charge < -0.3 is 9.47 Å². The molecule has 0 aliphatic carbocycles. The molecule has 1 aromatic heterocycles. The molecule has 0 aliphatic rings. The third kappa shape index (κ3) is 3.63. The maximum atomic E-state index is 5.89. The highest BCUT2D eigenvalue weighted by molar-refractivity contribution is 7.17. The van der Waals surface area contributed by atoms with Crippen LogP contribution in [0.4, 0.5) is 0 Å². The van der Waals surface area contributed by atoms with Gasteiger partial charge in [-0.25, -0.2) is 0 Å². The van der Waals surface area contributed by atoms with Crippen LogP contribution in [0, 0.1) is 0 Å².